The predicted molar refractivity (Wildman–Crippen MR) is 123 cm³/mol. The molecule has 6 heteroatoms. The second kappa shape index (κ2) is 9.57. The summed E-state index contributed by atoms with van der Waals surface area (Å²) >= 11 is 0. The van der Waals surface area contributed by atoms with E-state index in [1.54, 1.807) is 24.3 Å². The van der Waals surface area contributed by atoms with Crippen molar-refractivity contribution in [2.45, 2.75) is 6.61 Å². The Labute approximate surface area is 184 Å². The Morgan fingerprint density at radius 2 is 1.59 bits per heavy atom. The Morgan fingerprint density at radius 1 is 0.875 bits per heavy atom. The van der Waals surface area contributed by atoms with E-state index < -0.39 is 5.97 Å². The maximum absolute atomic E-state index is 12.6. The number of carbonyl (C=O) groups excluding carboxylic acids is 1. The second-order valence-corrected chi connectivity index (χ2v) is 7.05. The number of fused-ring (bicyclic) bond motifs is 1. The molecule has 0 atom stereocenters. The summed E-state index contributed by atoms with van der Waals surface area (Å²) < 4.78 is 5.87. The highest BCUT2D eigenvalue weighted by molar-refractivity contribution is 6.07. The van der Waals surface area contributed by atoms with E-state index in [0.717, 1.165) is 16.3 Å². The van der Waals surface area contributed by atoms with Gasteiger partial charge in [-0.1, -0.05) is 60.7 Å². The fourth-order valence-electron chi connectivity index (χ4n) is 3.27. The predicted octanol–water partition coefficient (Wildman–Crippen LogP) is 4.88. The van der Waals surface area contributed by atoms with Crippen molar-refractivity contribution in [2.75, 3.05) is 0 Å². The summed E-state index contributed by atoms with van der Waals surface area (Å²) in [5, 5.41) is 14.9. The van der Waals surface area contributed by atoms with Crippen LogP contribution in [0.15, 0.2) is 96.1 Å². The molecule has 0 spiro atoms. The Hall–Kier alpha value is -4.45. The highest BCUT2D eigenvalue weighted by Gasteiger charge is 2.09. The molecule has 4 aromatic rings. The first kappa shape index (κ1) is 20.8. The number of hydrogen-bond donors (Lipinski definition) is 2. The molecular formula is C26H20N2O4. The standard InChI is InChI=1S/C26H20N2O4/c29-25(23-10-5-8-19-6-1-3-9-22(19)23)28-27-16-21-7-2-4-11-24(21)32-17-18-12-14-20(15-13-18)26(30)31/h1-16H,17H2,(H,28,29)(H,30,31)/b27-16-. The third-order valence-electron chi connectivity index (χ3n) is 4.92. The van der Waals surface area contributed by atoms with Crippen LogP contribution in [0.5, 0.6) is 5.75 Å². The Morgan fingerprint density at radius 3 is 2.41 bits per heavy atom. The summed E-state index contributed by atoms with van der Waals surface area (Å²) in [5.74, 6) is -0.669. The van der Waals surface area contributed by atoms with Crippen molar-refractivity contribution in [3.05, 3.63) is 113 Å². The number of benzene rings is 4. The molecule has 158 valence electrons. The van der Waals surface area contributed by atoms with Crippen molar-refractivity contribution in [2.24, 2.45) is 5.10 Å². The third kappa shape index (κ3) is 4.82. The van der Waals surface area contributed by atoms with E-state index in [0.29, 0.717) is 16.9 Å². The van der Waals surface area contributed by atoms with Crippen LogP contribution in [0.2, 0.25) is 0 Å². The number of nitrogens with one attached hydrogen (secondary N) is 1. The lowest BCUT2D eigenvalue weighted by Gasteiger charge is -2.09. The first-order valence-corrected chi connectivity index (χ1v) is 9.97. The van der Waals surface area contributed by atoms with Gasteiger partial charge >= 0.3 is 5.97 Å². The van der Waals surface area contributed by atoms with E-state index in [1.165, 1.54) is 18.3 Å². The number of carbonyl (C=O) groups is 2. The first-order valence-electron chi connectivity index (χ1n) is 9.97. The zero-order chi connectivity index (χ0) is 22.3. The van der Waals surface area contributed by atoms with Gasteiger partial charge in [0.05, 0.1) is 11.8 Å². The number of hydrazone groups is 1. The van der Waals surface area contributed by atoms with Gasteiger partial charge in [-0.25, -0.2) is 10.2 Å². The molecule has 0 fully saturated rings. The minimum absolute atomic E-state index is 0.225. The van der Waals surface area contributed by atoms with Gasteiger partial charge in [-0.15, -0.1) is 0 Å². The SMILES string of the molecule is O=C(O)c1ccc(COc2ccccc2/C=N\NC(=O)c2cccc3ccccc23)cc1. The van der Waals surface area contributed by atoms with E-state index in [9.17, 15) is 9.59 Å². The zero-order valence-electron chi connectivity index (χ0n) is 17.1. The van der Waals surface area contributed by atoms with Crippen molar-refractivity contribution < 1.29 is 19.4 Å². The molecule has 4 rings (SSSR count). The van der Waals surface area contributed by atoms with E-state index in [-0.39, 0.29) is 18.1 Å². The zero-order valence-corrected chi connectivity index (χ0v) is 17.1. The lowest BCUT2D eigenvalue weighted by atomic mass is 10.0. The molecule has 0 bridgehead atoms. The maximum Gasteiger partial charge on any atom is 0.335 e. The number of carboxylic acid groups (broad SMARTS) is 1. The van der Waals surface area contributed by atoms with Crippen LogP contribution in [0.1, 0.15) is 31.8 Å². The summed E-state index contributed by atoms with van der Waals surface area (Å²) in [6.07, 6.45) is 1.53. The minimum atomic E-state index is -0.968. The van der Waals surface area contributed by atoms with Crippen LogP contribution in [0, 0.1) is 0 Å². The van der Waals surface area contributed by atoms with Crippen LogP contribution < -0.4 is 10.2 Å². The molecule has 2 N–H and O–H groups in total. The largest absolute Gasteiger partial charge is 0.488 e. The van der Waals surface area contributed by atoms with Crippen LogP contribution >= 0.6 is 0 Å². The molecule has 0 aliphatic carbocycles. The van der Waals surface area contributed by atoms with Crippen LogP contribution in [0.4, 0.5) is 0 Å². The number of aromatic carboxylic acids is 1. The van der Waals surface area contributed by atoms with Gasteiger partial charge in [-0.2, -0.15) is 5.10 Å². The van der Waals surface area contributed by atoms with Crippen molar-refractivity contribution in [1.82, 2.24) is 5.43 Å². The lowest BCUT2D eigenvalue weighted by Crippen LogP contribution is -2.18. The van der Waals surface area contributed by atoms with E-state index in [4.69, 9.17) is 9.84 Å². The van der Waals surface area contributed by atoms with Gasteiger partial charge < -0.3 is 9.84 Å². The molecule has 0 aromatic heterocycles. The highest BCUT2D eigenvalue weighted by Crippen LogP contribution is 2.19. The van der Waals surface area contributed by atoms with Crippen molar-refractivity contribution >= 4 is 28.9 Å². The first-order chi connectivity index (χ1) is 15.6. The fourth-order valence-corrected chi connectivity index (χ4v) is 3.27. The smallest absolute Gasteiger partial charge is 0.335 e. The maximum atomic E-state index is 12.6. The molecule has 0 unspecified atom stereocenters. The Bertz CT molecular complexity index is 1290. The van der Waals surface area contributed by atoms with E-state index in [2.05, 4.69) is 10.5 Å². The van der Waals surface area contributed by atoms with Crippen LogP contribution in [-0.4, -0.2) is 23.2 Å². The monoisotopic (exact) mass is 424 g/mol. The number of carboxylic acids is 1. The molecule has 1 amide bonds. The topological polar surface area (TPSA) is 88.0 Å². The number of amides is 1. The number of nitrogens with zero attached hydrogens (tertiary/aromatic N) is 1. The van der Waals surface area contributed by atoms with Crippen LogP contribution in [0.3, 0.4) is 0 Å². The van der Waals surface area contributed by atoms with Crippen molar-refractivity contribution in [3.63, 3.8) is 0 Å². The van der Waals surface area contributed by atoms with E-state index >= 15 is 0 Å². The van der Waals surface area contributed by atoms with Gasteiger partial charge in [0.25, 0.3) is 5.91 Å². The van der Waals surface area contributed by atoms with Gasteiger partial charge in [-0.05, 0) is 46.7 Å². The Kier molecular flexibility index (Phi) is 6.22. The third-order valence-corrected chi connectivity index (χ3v) is 4.92. The van der Waals surface area contributed by atoms with E-state index in [1.807, 2.05) is 54.6 Å². The molecule has 0 radical (unpaired) electrons. The van der Waals surface area contributed by atoms with Crippen LogP contribution in [0.25, 0.3) is 10.8 Å². The summed E-state index contributed by atoms with van der Waals surface area (Å²) in [4.78, 5) is 23.6. The van der Waals surface area contributed by atoms with Gasteiger partial charge in [-0.3, -0.25) is 4.79 Å². The molecule has 0 aliphatic rings. The van der Waals surface area contributed by atoms with Gasteiger partial charge in [0, 0.05) is 11.1 Å². The van der Waals surface area contributed by atoms with Gasteiger partial charge in [0.1, 0.15) is 12.4 Å². The van der Waals surface area contributed by atoms with Crippen molar-refractivity contribution in [1.29, 1.82) is 0 Å². The number of para-hydroxylation sites is 1. The lowest BCUT2D eigenvalue weighted by molar-refractivity contribution is 0.0696. The minimum Gasteiger partial charge on any atom is -0.488 e. The molecule has 32 heavy (non-hydrogen) atoms. The summed E-state index contributed by atoms with van der Waals surface area (Å²) in [7, 11) is 0. The normalized spacial score (nSPS) is 10.9. The average Bonchev–Trinajstić information content (AvgIpc) is 2.83. The molecule has 0 heterocycles. The summed E-state index contributed by atoms with van der Waals surface area (Å²) in [6.45, 7) is 0.271. The number of ether oxygens (including phenoxy) is 1. The Balaban J connectivity index is 1.43. The fraction of sp³-hybridized carbons (Fsp3) is 0.0385. The van der Waals surface area contributed by atoms with Crippen molar-refractivity contribution in [3.8, 4) is 5.75 Å². The average molecular weight is 424 g/mol. The molecule has 0 aliphatic heterocycles. The molecule has 6 nitrogen and oxygen atoms in total. The summed E-state index contributed by atoms with van der Waals surface area (Å²) in [5.41, 5.74) is 4.89. The van der Waals surface area contributed by atoms with Gasteiger partial charge in [0.2, 0.25) is 0 Å². The molecule has 4 aromatic carbocycles. The van der Waals surface area contributed by atoms with Gasteiger partial charge in [0.15, 0.2) is 0 Å². The number of hydrogen-bond acceptors (Lipinski definition) is 4. The highest BCUT2D eigenvalue weighted by atomic mass is 16.5. The molecule has 0 saturated carbocycles. The quantitative estimate of drug-likeness (QED) is 0.327. The van der Waals surface area contributed by atoms with Crippen LogP contribution in [-0.2, 0) is 6.61 Å². The molecule has 0 saturated heterocycles. The second-order valence-electron chi connectivity index (χ2n) is 7.05. The molecular weight excluding hydrogens is 404 g/mol. The summed E-state index contributed by atoms with van der Waals surface area (Å²) in [6, 6.07) is 27.1. The number of rotatable bonds is 7.